The van der Waals surface area contributed by atoms with Gasteiger partial charge < -0.3 is 60.3 Å². The van der Waals surface area contributed by atoms with Crippen molar-refractivity contribution in [2.75, 3.05) is 13.2 Å². The lowest BCUT2D eigenvalue weighted by Gasteiger charge is -2.45. The molecule has 2 fully saturated rings. The Morgan fingerprint density at radius 3 is 1.76 bits per heavy atom. The Bertz CT molecular complexity index is 385. The monoisotopic (exact) mass is 375 g/mol. The Morgan fingerprint density at radius 2 is 1.24 bits per heavy atom. The topological polar surface area (TPSA) is 236 Å². The summed E-state index contributed by atoms with van der Waals surface area (Å²) in [5.74, 6) is 3.50. The number of nitrogens with two attached hydrogens (primary N) is 1. The van der Waals surface area contributed by atoms with Gasteiger partial charge in [0.05, 0.1) is 13.2 Å². The molecule has 0 spiro atoms. The summed E-state index contributed by atoms with van der Waals surface area (Å²) < 4.78 is 15.3. The van der Waals surface area contributed by atoms with Crippen LogP contribution >= 0.6 is 0 Å². The molecule has 13 heteroatoms. The second-order valence-corrected chi connectivity index (χ2v) is 5.53. The molecule has 25 heavy (non-hydrogen) atoms. The molecular formula is C12H25NO12. The Kier molecular flexibility index (Phi) is 8.99. The van der Waals surface area contributed by atoms with E-state index in [2.05, 4.69) is 5.90 Å². The normalized spacial score (nSPS) is 47.8. The van der Waals surface area contributed by atoms with Crippen LogP contribution in [0.5, 0.6) is 0 Å². The van der Waals surface area contributed by atoms with Gasteiger partial charge in [0, 0.05) is 0 Å². The van der Waals surface area contributed by atoms with Gasteiger partial charge in [-0.05, 0) is 0 Å². The summed E-state index contributed by atoms with van der Waals surface area (Å²) in [6.45, 7) is -1.35. The van der Waals surface area contributed by atoms with Crippen LogP contribution in [0.2, 0.25) is 0 Å². The Labute approximate surface area is 142 Å². The molecule has 11 N–H and O–H groups in total. The molecule has 0 bridgehead atoms. The Balaban J connectivity index is 0.00000151. The molecule has 10 atom stereocenters. The number of aliphatic hydroxyl groups excluding tert-OH is 8. The van der Waals surface area contributed by atoms with E-state index < -0.39 is 74.6 Å². The van der Waals surface area contributed by atoms with E-state index in [1.165, 1.54) is 0 Å². The fourth-order valence-electron chi connectivity index (χ4n) is 2.57. The molecular weight excluding hydrogens is 350 g/mol. The van der Waals surface area contributed by atoms with E-state index >= 15 is 0 Å². The van der Waals surface area contributed by atoms with Gasteiger partial charge >= 0.3 is 0 Å². The van der Waals surface area contributed by atoms with Crippen LogP contribution in [0.4, 0.5) is 0 Å². The third-order valence-corrected chi connectivity index (χ3v) is 3.98. The maximum Gasteiger partial charge on any atom is 0.187 e. The number of ether oxygens (including phenoxy) is 3. The second kappa shape index (κ2) is 9.98. The zero-order valence-electron chi connectivity index (χ0n) is 13.0. The van der Waals surface area contributed by atoms with Crippen LogP contribution in [-0.4, -0.2) is 121 Å². The summed E-state index contributed by atoms with van der Waals surface area (Å²) in [6, 6.07) is 0. The molecule has 150 valence electrons. The van der Waals surface area contributed by atoms with E-state index in [0.29, 0.717) is 0 Å². The summed E-state index contributed by atoms with van der Waals surface area (Å²) in [6.07, 6.45) is -15.6. The lowest BCUT2D eigenvalue weighted by Crippen LogP contribution is -2.64. The molecule has 0 aromatic rings. The minimum Gasteiger partial charge on any atom is -0.394 e. The highest BCUT2D eigenvalue weighted by Gasteiger charge is 2.50. The van der Waals surface area contributed by atoms with E-state index in [1.54, 1.807) is 0 Å². The van der Waals surface area contributed by atoms with Crippen molar-refractivity contribution in [1.82, 2.24) is 0 Å². The van der Waals surface area contributed by atoms with E-state index in [-0.39, 0.29) is 0 Å². The first kappa shape index (κ1) is 22.5. The van der Waals surface area contributed by atoms with Crippen molar-refractivity contribution >= 4 is 0 Å². The number of hydrogen-bond acceptors (Lipinski definition) is 13. The molecule has 0 amide bonds. The van der Waals surface area contributed by atoms with Crippen LogP contribution in [0.15, 0.2) is 0 Å². The van der Waals surface area contributed by atoms with Crippen LogP contribution < -0.4 is 5.90 Å². The highest BCUT2D eigenvalue weighted by Crippen LogP contribution is 2.28. The second-order valence-electron chi connectivity index (χ2n) is 5.53. The first-order valence-corrected chi connectivity index (χ1v) is 7.34. The minimum absolute atomic E-state index is 0.667. The van der Waals surface area contributed by atoms with Gasteiger partial charge in [0.2, 0.25) is 0 Å². The van der Waals surface area contributed by atoms with E-state index in [4.69, 9.17) is 24.5 Å². The average molecular weight is 375 g/mol. The van der Waals surface area contributed by atoms with E-state index in [1.807, 2.05) is 0 Å². The van der Waals surface area contributed by atoms with Crippen molar-refractivity contribution in [3.05, 3.63) is 0 Å². The Hall–Kier alpha value is -0.520. The van der Waals surface area contributed by atoms with Crippen LogP contribution in [0, 0.1) is 0 Å². The van der Waals surface area contributed by atoms with Crippen molar-refractivity contribution in [2.24, 2.45) is 5.90 Å². The Morgan fingerprint density at radius 1 is 0.680 bits per heavy atom. The molecule has 0 radical (unpaired) electrons. The maximum absolute atomic E-state index is 9.94. The summed E-state index contributed by atoms with van der Waals surface area (Å²) in [5.41, 5.74) is 0. The van der Waals surface area contributed by atoms with Crippen molar-refractivity contribution < 1.29 is 60.3 Å². The predicted octanol–water partition coefficient (Wildman–Crippen LogP) is -6.06. The molecule has 0 saturated carbocycles. The standard InChI is InChI=1S/C12H22O11.H3NO/c13-1-3-5(15)6(16)9(19)12(22-3)23-10-4(2-14)21-11(20)8(18)7(10)17;1-2/h3-20H,1-2H2;2H,1H2/t3-,4-,5+,6+,7-,8-,9-,10-,11-,12+;/m1./s1. The fourth-order valence-corrected chi connectivity index (χ4v) is 2.57. The molecule has 0 aliphatic carbocycles. The summed E-state index contributed by atoms with van der Waals surface area (Å²) in [4.78, 5) is 0. The zero-order chi connectivity index (χ0) is 19.3. The van der Waals surface area contributed by atoms with Crippen LogP contribution in [0.25, 0.3) is 0 Å². The van der Waals surface area contributed by atoms with Crippen molar-refractivity contribution in [1.29, 1.82) is 0 Å². The molecule has 2 aliphatic heterocycles. The third kappa shape index (κ3) is 4.81. The van der Waals surface area contributed by atoms with Gasteiger partial charge in [0.25, 0.3) is 0 Å². The fraction of sp³-hybridized carbons (Fsp3) is 1.00. The minimum atomic E-state index is -1.74. The van der Waals surface area contributed by atoms with Crippen molar-refractivity contribution in [3.63, 3.8) is 0 Å². The molecule has 2 saturated heterocycles. The van der Waals surface area contributed by atoms with Gasteiger partial charge in [-0.15, -0.1) is 0 Å². The van der Waals surface area contributed by atoms with E-state index in [0.717, 1.165) is 0 Å². The zero-order valence-corrected chi connectivity index (χ0v) is 13.0. The molecule has 13 nitrogen and oxygen atoms in total. The van der Waals surface area contributed by atoms with Gasteiger partial charge in [-0.25, -0.2) is 5.90 Å². The highest BCUT2D eigenvalue weighted by atomic mass is 16.7. The highest BCUT2D eigenvalue weighted by molar-refractivity contribution is 4.93. The van der Waals surface area contributed by atoms with Gasteiger partial charge in [0.1, 0.15) is 48.8 Å². The van der Waals surface area contributed by atoms with Gasteiger partial charge in [0.15, 0.2) is 12.6 Å². The molecule has 2 heterocycles. The van der Waals surface area contributed by atoms with Crippen molar-refractivity contribution in [3.8, 4) is 0 Å². The average Bonchev–Trinajstić information content (AvgIpc) is 2.63. The predicted molar refractivity (Wildman–Crippen MR) is 74.6 cm³/mol. The van der Waals surface area contributed by atoms with Crippen LogP contribution in [0.1, 0.15) is 0 Å². The van der Waals surface area contributed by atoms with E-state index in [9.17, 15) is 35.7 Å². The maximum atomic E-state index is 9.94. The summed E-state index contributed by atoms with van der Waals surface area (Å²) in [5, 5.41) is 83.0. The summed E-state index contributed by atoms with van der Waals surface area (Å²) in [7, 11) is 0. The van der Waals surface area contributed by atoms with Gasteiger partial charge in [-0.2, -0.15) is 0 Å². The molecule has 0 aromatic carbocycles. The lowest BCUT2D eigenvalue weighted by atomic mass is 9.97. The molecule has 2 rings (SSSR count). The number of aliphatic hydroxyl groups is 8. The quantitative estimate of drug-likeness (QED) is 0.206. The van der Waals surface area contributed by atoms with Crippen LogP contribution in [-0.2, 0) is 14.2 Å². The SMILES string of the molecule is NO.OC[C@H]1O[C@@H](O[C@H]2[C@H](O)[C@@H](O)[C@H](O)O[C@@H]2CO)[C@H](O)[C@@H](O)[C@H]1O. The van der Waals surface area contributed by atoms with Gasteiger partial charge in [-0.1, -0.05) is 0 Å². The largest absolute Gasteiger partial charge is 0.394 e. The van der Waals surface area contributed by atoms with Crippen molar-refractivity contribution in [2.45, 2.75) is 61.4 Å². The number of rotatable bonds is 4. The molecule has 0 aromatic heterocycles. The molecule has 0 unspecified atom stereocenters. The van der Waals surface area contributed by atoms with Gasteiger partial charge in [-0.3, -0.25) is 0 Å². The smallest absolute Gasteiger partial charge is 0.187 e. The van der Waals surface area contributed by atoms with Crippen LogP contribution in [0.3, 0.4) is 0 Å². The lowest BCUT2D eigenvalue weighted by molar-refractivity contribution is -0.355. The first-order chi connectivity index (χ1) is 11.8. The number of hydrogen-bond donors (Lipinski definition) is 10. The molecule has 2 aliphatic rings. The third-order valence-electron chi connectivity index (χ3n) is 3.98. The summed E-state index contributed by atoms with van der Waals surface area (Å²) >= 11 is 0. The first-order valence-electron chi connectivity index (χ1n) is 7.34.